The van der Waals surface area contributed by atoms with Gasteiger partial charge in [-0.3, -0.25) is 9.59 Å². The molecule has 2 rings (SSSR count). The predicted molar refractivity (Wildman–Crippen MR) is 84.5 cm³/mol. The van der Waals surface area contributed by atoms with Crippen LogP contribution in [-0.2, 0) is 20.7 Å². The number of carbonyl (C=O) groups is 2. The summed E-state index contributed by atoms with van der Waals surface area (Å²) in [6.45, 7) is -3.40. The molecule has 0 aliphatic rings. The van der Waals surface area contributed by atoms with Crippen molar-refractivity contribution >= 4 is 17.6 Å². The second kappa shape index (κ2) is 8.62. The molecule has 0 saturated carbocycles. The fourth-order valence-corrected chi connectivity index (χ4v) is 1.89. The van der Waals surface area contributed by atoms with Gasteiger partial charge in [0, 0.05) is 5.69 Å². The van der Waals surface area contributed by atoms with Crippen molar-refractivity contribution in [2.45, 2.75) is 13.0 Å². The number of hydrogen-bond donors (Lipinski definition) is 2. The van der Waals surface area contributed by atoms with E-state index in [0.717, 1.165) is 0 Å². The Morgan fingerprint density at radius 2 is 1.68 bits per heavy atom. The first-order valence-corrected chi connectivity index (χ1v) is 7.20. The summed E-state index contributed by atoms with van der Waals surface area (Å²) in [7, 11) is 0. The van der Waals surface area contributed by atoms with Crippen molar-refractivity contribution in [3.63, 3.8) is 0 Å². The molecule has 2 aromatic rings. The van der Waals surface area contributed by atoms with Gasteiger partial charge in [-0.25, -0.2) is 0 Å². The number of esters is 1. The van der Waals surface area contributed by atoms with Gasteiger partial charge in [0.1, 0.15) is 11.5 Å². The Hall–Kier alpha value is -3.16. The molecule has 0 heterocycles. The molecule has 0 atom stereocenters. The molecule has 0 aliphatic carbocycles. The number of alkyl halides is 2. The lowest BCUT2D eigenvalue weighted by Crippen LogP contribution is -2.21. The molecule has 0 bridgehead atoms. The van der Waals surface area contributed by atoms with Crippen LogP contribution in [-0.4, -0.2) is 30.2 Å². The maximum atomic E-state index is 12.0. The number of phenolic OH excluding ortho intramolecular Hbond substituents is 1. The van der Waals surface area contributed by atoms with Crippen LogP contribution in [0.3, 0.4) is 0 Å². The fourth-order valence-electron chi connectivity index (χ4n) is 1.89. The third-order valence-corrected chi connectivity index (χ3v) is 3.01. The molecule has 8 heteroatoms. The van der Waals surface area contributed by atoms with Gasteiger partial charge in [0.25, 0.3) is 5.91 Å². The number of rotatable bonds is 7. The quantitative estimate of drug-likeness (QED) is 0.749. The van der Waals surface area contributed by atoms with Gasteiger partial charge < -0.3 is 19.9 Å². The molecule has 132 valence electrons. The Labute approximate surface area is 142 Å². The highest BCUT2D eigenvalue weighted by Gasteiger charge is 2.10. The van der Waals surface area contributed by atoms with E-state index in [0.29, 0.717) is 11.3 Å². The fraction of sp³-hybridized carbons (Fsp3) is 0.176. The Morgan fingerprint density at radius 3 is 2.28 bits per heavy atom. The number of aromatic hydroxyl groups is 1. The number of nitrogens with one attached hydrogen (secondary N) is 1. The third-order valence-electron chi connectivity index (χ3n) is 3.01. The summed E-state index contributed by atoms with van der Waals surface area (Å²) in [6.07, 6.45) is -0.0345. The number of anilines is 1. The number of ether oxygens (including phenoxy) is 2. The Kier molecular flexibility index (Phi) is 6.27. The smallest absolute Gasteiger partial charge is 0.387 e. The zero-order valence-corrected chi connectivity index (χ0v) is 12.9. The largest absolute Gasteiger partial charge is 0.508 e. The summed E-state index contributed by atoms with van der Waals surface area (Å²) in [4.78, 5) is 23.4. The van der Waals surface area contributed by atoms with Crippen LogP contribution in [0.15, 0.2) is 48.5 Å². The number of halogens is 2. The van der Waals surface area contributed by atoms with Gasteiger partial charge in [0.2, 0.25) is 0 Å². The van der Waals surface area contributed by atoms with E-state index in [1.165, 1.54) is 36.4 Å². The zero-order valence-electron chi connectivity index (χ0n) is 12.9. The van der Waals surface area contributed by atoms with Crippen LogP contribution in [0.2, 0.25) is 0 Å². The molecule has 1 amide bonds. The van der Waals surface area contributed by atoms with Gasteiger partial charge in [-0.15, -0.1) is 0 Å². The summed E-state index contributed by atoms with van der Waals surface area (Å²) >= 11 is 0. The molecule has 2 aromatic carbocycles. The van der Waals surface area contributed by atoms with Gasteiger partial charge in [0.15, 0.2) is 6.61 Å². The highest BCUT2D eigenvalue weighted by atomic mass is 19.3. The lowest BCUT2D eigenvalue weighted by Gasteiger charge is -2.08. The van der Waals surface area contributed by atoms with Crippen LogP contribution in [0, 0.1) is 0 Å². The number of amides is 1. The second-order valence-electron chi connectivity index (χ2n) is 4.95. The zero-order chi connectivity index (χ0) is 18.2. The molecule has 0 aliphatic heterocycles. The average molecular weight is 351 g/mol. The maximum absolute atomic E-state index is 12.0. The van der Waals surface area contributed by atoms with Gasteiger partial charge in [0.05, 0.1) is 6.42 Å². The first kappa shape index (κ1) is 18.2. The number of hydrogen-bond acceptors (Lipinski definition) is 5. The van der Waals surface area contributed by atoms with E-state index in [2.05, 4.69) is 10.1 Å². The molecule has 0 saturated heterocycles. The van der Waals surface area contributed by atoms with Gasteiger partial charge >= 0.3 is 12.6 Å². The topological polar surface area (TPSA) is 84.9 Å². The molecule has 0 fully saturated rings. The van der Waals surface area contributed by atoms with Gasteiger partial charge in [-0.1, -0.05) is 12.1 Å². The molecule has 25 heavy (non-hydrogen) atoms. The summed E-state index contributed by atoms with van der Waals surface area (Å²) in [6, 6.07) is 11.3. The van der Waals surface area contributed by atoms with Crippen molar-refractivity contribution in [2.24, 2.45) is 0 Å². The summed E-state index contributed by atoms with van der Waals surface area (Å²) < 4.78 is 33.1. The van der Waals surface area contributed by atoms with Crippen LogP contribution in [0.4, 0.5) is 14.5 Å². The lowest BCUT2D eigenvalue weighted by molar-refractivity contribution is -0.146. The molecular weight excluding hydrogens is 336 g/mol. The minimum atomic E-state index is -2.92. The summed E-state index contributed by atoms with van der Waals surface area (Å²) in [5.74, 6) is -1.11. The van der Waals surface area contributed by atoms with Crippen LogP contribution in [0.5, 0.6) is 11.5 Å². The lowest BCUT2D eigenvalue weighted by atomic mass is 10.1. The average Bonchev–Trinajstić information content (AvgIpc) is 2.56. The van der Waals surface area contributed by atoms with Crippen molar-refractivity contribution in [1.82, 2.24) is 0 Å². The standard InChI is InChI=1S/C17H15F2NO5/c18-17(19)25-14-7-3-12(4-8-14)20-15(22)10-24-16(23)9-11-1-5-13(21)6-2-11/h1-8,17,21H,9-10H2,(H,20,22). The van der Waals surface area contributed by atoms with Crippen LogP contribution >= 0.6 is 0 Å². The molecule has 0 aromatic heterocycles. The summed E-state index contributed by atoms with van der Waals surface area (Å²) in [5.41, 5.74) is 0.985. The van der Waals surface area contributed by atoms with Crippen LogP contribution < -0.4 is 10.1 Å². The van der Waals surface area contributed by atoms with E-state index >= 15 is 0 Å². The Bertz CT molecular complexity index is 717. The van der Waals surface area contributed by atoms with Crippen LogP contribution in [0.1, 0.15) is 5.56 Å². The summed E-state index contributed by atoms with van der Waals surface area (Å²) in [5, 5.41) is 11.6. The van der Waals surface area contributed by atoms with E-state index in [4.69, 9.17) is 9.84 Å². The molecule has 0 spiro atoms. The van der Waals surface area contributed by atoms with Crippen molar-refractivity contribution < 1.29 is 33.0 Å². The Balaban J connectivity index is 1.76. The minimum absolute atomic E-state index is 0.0340. The maximum Gasteiger partial charge on any atom is 0.387 e. The second-order valence-corrected chi connectivity index (χ2v) is 4.95. The highest BCUT2D eigenvalue weighted by Crippen LogP contribution is 2.17. The van der Waals surface area contributed by atoms with Crippen molar-refractivity contribution in [3.05, 3.63) is 54.1 Å². The molecule has 2 N–H and O–H groups in total. The van der Waals surface area contributed by atoms with Crippen molar-refractivity contribution in [3.8, 4) is 11.5 Å². The van der Waals surface area contributed by atoms with E-state index in [-0.39, 0.29) is 17.9 Å². The monoisotopic (exact) mass is 351 g/mol. The number of phenols is 1. The molecule has 6 nitrogen and oxygen atoms in total. The van der Waals surface area contributed by atoms with Gasteiger partial charge in [-0.05, 0) is 42.0 Å². The molecule has 0 unspecified atom stereocenters. The Morgan fingerprint density at radius 1 is 1.04 bits per heavy atom. The molecule has 0 radical (unpaired) electrons. The van der Waals surface area contributed by atoms with E-state index in [1.54, 1.807) is 12.1 Å². The normalized spacial score (nSPS) is 10.4. The van der Waals surface area contributed by atoms with E-state index in [9.17, 15) is 18.4 Å². The minimum Gasteiger partial charge on any atom is -0.508 e. The van der Waals surface area contributed by atoms with E-state index in [1.807, 2.05) is 0 Å². The van der Waals surface area contributed by atoms with Crippen molar-refractivity contribution in [2.75, 3.05) is 11.9 Å². The highest BCUT2D eigenvalue weighted by molar-refractivity contribution is 5.92. The molecular formula is C17H15F2NO5. The SMILES string of the molecule is O=C(COC(=O)Cc1ccc(O)cc1)Nc1ccc(OC(F)F)cc1. The van der Waals surface area contributed by atoms with Crippen molar-refractivity contribution in [1.29, 1.82) is 0 Å². The van der Waals surface area contributed by atoms with Gasteiger partial charge in [-0.2, -0.15) is 8.78 Å². The first-order valence-electron chi connectivity index (χ1n) is 7.20. The van der Waals surface area contributed by atoms with E-state index < -0.39 is 25.1 Å². The first-order chi connectivity index (χ1) is 11.9. The number of benzene rings is 2. The number of carbonyl (C=O) groups excluding carboxylic acids is 2. The van der Waals surface area contributed by atoms with Crippen LogP contribution in [0.25, 0.3) is 0 Å². The third kappa shape index (κ3) is 6.46. The predicted octanol–water partition coefficient (Wildman–Crippen LogP) is 2.72.